The minimum Gasteiger partial charge on any atom is -0.477 e. The maximum absolute atomic E-state index is 12.8. The van der Waals surface area contributed by atoms with Gasteiger partial charge in [-0.25, -0.2) is 4.79 Å². The van der Waals surface area contributed by atoms with Crippen molar-refractivity contribution in [2.75, 3.05) is 17.2 Å². The van der Waals surface area contributed by atoms with E-state index < -0.39 is 17.8 Å². The van der Waals surface area contributed by atoms with Crippen molar-refractivity contribution < 1.29 is 22.7 Å². The molecule has 30 heavy (non-hydrogen) atoms. The van der Waals surface area contributed by atoms with E-state index in [-0.39, 0.29) is 10.7 Å². The van der Waals surface area contributed by atoms with Crippen LogP contribution in [-0.4, -0.2) is 22.8 Å². The fraction of sp³-hybridized carbons (Fsp3) is 0.150. The van der Waals surface area contributed by atoms with Gasteiger partial charge in [0.25, 0.3) is 0 Å². The van der Waals surface area contributed by atoms with E-state index in [9.17, 15) is 18.0 Å². The molecule has 0 fully saturated rings. The molecule has 1 heterocycles. The smallest absolute Gasteiger partial charge is 0.416 e. The second-order valence-electron chi connectivity index (χ2n) is 6.04. The summed E-state index contributed by atoms with van der Waals surface area (Å²) in [5.74, 6) is 0.421. The molecule has 2 amide bonds. The van der Waals surface area contributed by atoms with E-state index >= 15 is 0 Å². The molecule has 0 saturated carbocycles. The van der Waals surface area contributed by atoms with Crippen molar-refractivity contribution in [1.82, 2.24) is 10.2 Å². The van der Waals surface area contributed by atoms with Crippen LogP contribution in [0.15, 0.2) is 54.6 Å². The molecule has 3 rings (SSSR count). The minimum atomic E-state index is -4.54. The Labute approximate surface area is 175 Å². The predicted octanol–water partition coefficient (Wildman–Crippen LogP) is 5.86. The number of anilines is 2. The zero-order chi connectivity index (χ0) is 21.7. The highest BCUT2D eigenvalue weighted by atomic mass is 35.5. The lowest BCUT2D eigenvalue weighted by molar-refractivity contribution is -0.137. The molecule has 0 aliphatic rings. The van der Waals surface area contributed by atoms with Crippen LogP contribution < -0.4 is 15.4 Å². The van der Waals surface area contributed by atoms with Crippen LogP contribution >= 0.6 is 11.6 Å². The molecule has 2 aromatic carbocycles. The standard InChI is InChI=1S/C20H16ClF3N4O2/c1-2-30-18-10-9-16(27-28-18)12-3-6-14(7-4-12)25-19(29)26-17-11-13(20(22,23)24)5-8-15(17)21/h3-11H,2H2,1H3,(H2,25,26,29). The lowest BCUT2D eigenvalue weighted by Crippen LogP contribution is -2.20. The Morgan fingerprint density at radius 3 is 2.37 bits per heavy atom. The quantitative estimate of drug-likeness (QED) is 0.525. The molecular weight excluding hydrogens is 421 g/mol. The van der Waals surface area contributed by atoms with Gasteiger partial charge < -0.3 is 15.4 Å². The van der Waals surface area contributed by atoms with E-state index in [1.165, 1.54) is 0 Å². The van der Waals surface area contributed by atoms with Gasteiger partial charge in [0.15, 0.2) is 0 Å². The Balaban J connectivity index is 1.66. The number of halogens is 4. The Morgan fingerprint density at radius 2 is 1.77 bits per heavy atom. The van der Waals surface area contributed by atoms with Crippen LogP contribution in [0, 0.1) is 0 Å². The number of ether oxygens (including phenoxy) is 1. The number of nitrogens with one attached hydrogen (secondary N) is 2. The molecular formula is C20H16ClF3N4O2. The minimum absolute atomic E-state index is 0.0115. The normalized spacial score (nSPS) is 11.1. The molecule has 0 aliphatic heterocycles. The SMILES string of the molecule is CCOc1ccc(-c2ccc(NC(=O)Nc3cc(C(F)(F)F)ccc3Cl)cc2)nn1. The first-order valence-corrected chi connectivity index (χ1v) is 9.16. The number of carbonyl (C=O) groups is 1. The van der Waals surface area contributed by atoms with E-state index in [2.05, 4.69) is 20.8 Å². The number of hydrogen-bond acceptors (Lipinski definition) is 4. The molecule has 0 saturated heterocycles. The average molecular weight is 437 g/mol. The molecule has 0 atom stereocenters. The van der Waals surface area contributed by atoms with Crippen molar-refractivity contribution in [2.24, 2.45) is 0 Å². The van der Waals surface area contributed by atoms with Crippen LogP contribution in [0.3, 0.4) is 0 Å². The van der Waals surface area contributed by atoms with Gasteiger partial charge in [0, 0.05) is 17.3 Å². The van der Waals surface area contributed by atoms with Gasteiger partial charge in [0.05, 0.1) is 28.6 Å². The van der Waals surface area contributed by atoms with E-state index in [4.69, 9.17) is 16.3 Å². The fourth-order valence-corrected chi connectivity index (χ4v) is 2.67. The van der Waals surface area contributed by atoms with Gasteiger partial charge in [-0.15, -0.1) is 10.2 Å². The van der Waals surface area contributed by atoms with Gasteiger partial charge in [-0.1, -0.05) is 23.7 Å². The number of nitrogens with zero attached hydrogens (tertiary/aromatic N) is 2. The fourth-order valence-electron chi connectivity index (χ4n) is 2.51. The van der Waals surface area contributed by atoms with Crippen molar-refractivity contribution in [3.8, 4) is 17.1 Å². The summed E-state index contributed by atoms with van der Waals surface area (Å²) in [5.41, 5.74) is 0.745. The van der Waals surface area contributed by atoms with Crippen LogP contribution in [0.25, 0.3) is 11.3 Å². The van der Waals surface area contributed by atoms with E-state index in [0.717, 1.165) is 23.8 Å². The first-order valence-electron chi connectivity index (χ1n) is 8.78. The zero-order valence-electron chi connectivity index (χ0n) is 15.6. The highest BCUT2D eigenvalue weighted by Crippen LogP contribution is 2.33. The number of aromatic nitrogens is 2. The van der Waals surface area contributed by atoms with Crippen molar-refractivity contribution >= 4 is 29.0 Å². The highest BCUT2D eigenvalue weighted by Gasteiger charge is 2.31. The van der Waals surface area contributed by atoms with Crippen LogP contribution in [-0.2, 0) is 6.18 Å². The predicted molar refractivity (Wildman–Crippen MR) is 108 cm³/mol. The summed E-state index contributed by atoms with van der Waals surface area (Å²) in [7, 11) is 0. The highest BCUT2D eigenvalue weighted by molar-refractivity contribution is 6.33. The topological polar surface area (TPSA) is 76.1 Å². The maximum atomic E-state index is 12.8. The number of alkyl halides is 3. The van der Waals surface area contributed by atoms with Gasteiger partial charge in [-0.05, 0) is 43.3 Å². The van der Waals surface area contributed by atoms with Gasteiger partial charge in [0.2, 0.25) is 5.88 Å². The molecule has 0 radical (unpaired) electrons. The lowest BCUT2D eigenvalue weighted by atomic mass is 10.1. The Bertz CT molecular complexity index is 1030. The van der Waals surface area contributed by atoms with Crippen molar-refractivity contribution in [3.63, 3.8) is 0 Å². The van der Waals surface area contributed by atoms with Crippen LogP contribution in [0.4, 0.5) is 29.3 Å². The molecule has 0 aliphatic carbocycles. The molecule has 1 aromatic heterocycles. The van der Waals surface area contributed by atoms with Crippen molar-refractivity contribution in [3.05, 3.63) is 65.2 Å². The Hall–Kier alpha value is -3.33. The monoisotopic (exact) mass is 436 g/mol. The molecule has 0 spiro atoms. The third-order valence-electron chi connectivity index (χ3n) is 3.91. The zero-order valence-corrected chi connectivity index (χ0v) is 16.4. The molecule has 0 unspecified atom stereocenters. The second kappa shape index (κ2) is 9.00. The van der Waals surface area contributed by atoms with E-state index in [1.807, 2.05) is 6.92 Å². The second-order valence-corrected chi connectivity index (χ2v) is 6.45. The molecule has 10 heteroatoms. The van der Waals surface area contributed by atoms with Gasteiger partial charge in [-0.2, -0.15) is 13.2 Å². The molecule has 156 valence electrons. The molecule has 6 nitrogen and oxygen atoms in total. The van der Waals surface area contributed by atoms with Crippen LogP contribution in [0.1, 0.15) is 12.5 Å². The van der Waals surface area contributed by atoms with E-state index in [1.54, 1.807) is 36.4 Å². The summed E-state index contributed by atoms with van der Waals surface area (Å²) in [6.07, 6.45) is -4.54. The summed E-state index contributed by atoms with van der Waals surface area (Å²) >= 11 is 5.88. The third-order valence-corrected chi connectivity index (χ3v) is 4.24. The maximum Gasteiger partial charge on any atom is 0.416 e. The third kappa shape index (κ3) is 5.38. The van der Waals surface area contributed by atoms with Crippen LogP contribution in [0.5, 0.6) is 5.88 Å². The lowest BCUT2D eigenvalue weighted by Gasteiger charge is -2.12. The molecule has 2 N–H and O–H groups in total. The van der Waals surface area contributed by atoms with Crippen molar-refractivity contribution in [2.45, 2.75) is 13.1 Å². The molecule has 3 aromatic rings. The summed E-state index contributed by atoms with van der Waals surface area (Å²) in [4.78, 5) is 12.2. The van der Waals surface area contributed by atoms with Crippen molar-refractivity contribution in [1.29, 1.82) is 0 Å². The summed E-state index contributed by atoms with van der Waals surface area (Å²) in [5, 5.41) is 12.9. The summed E-state index contributed by atoms with van der Waals surface area (Å²) < 4.78 is 43.7. The van der Waals surface area contributed by atoms with Gasteiger partial charge in [0.1, 0.15) is 0 Å². The average Bonchev–Trinajstić information content (AvgIpc) is 2.70. The van der Waals surface area contributed by atoms with Gasteiger partial charge >= 0.3 is 12.2 Å². The van der Waals surface area contributed by atoms with Crippen LogP contribution in [0.2, 0.25) is 5.02 Å². The number of benzene rings is 2. The van der Waals surface area contributed by atoms with E-state index in [0.29, 0.717) is 23.9 Å². The number of rotatable bonds is 5. The Kier molecular flexibility index (Phi) is 6.41. The first kappa shape index (κ1) is 21.4. The number of hydrogen-bond donors (Lipinski definition) is 2. The first-order chi connectivity index (χ1) is 14.3. The number of urea groups is 1. The largest absolute Gasteiger partial charge is 0.477 e. The summed E-state index contributed by atoms with van der Waals surface area (Å²) in [6, 6.07) is 12.1. The number of amides is 2. The van der Waals surface area contributed by atoms with Gasteiger partial charge in [-0.3, -0.25) is 0 Å². The number of carbonyl (C=O) groups excluding carboxylic acids is 1. The Morgan fingerprint density at radius 1 is 1.03 bits per heavy atom. The molecule has 0 bridgehead atoms. The summed E-state index contributed by atoms with van der Waals surface area (Å²) in [6.45, 7) is 2.33.